The first kappa shape index (κ1) is 52.2. The molecule has 0 atom stereocenters. The molecule has 8 aromatic rings. The molecule has 10 nitrogen and oxygen atoms in total. The molecular weight excluding hydrogens is 986 g/mol. The number of hydrogen-bond acceptors (Lipinski definition) is 6. The molecule has 6 aromatic carbocycles. The second kappa shape index (κ2) is 26.0. The summed E-state index contributed by atoms with van der Waals surface area (Å²) >= 11 is 0. The number of pyridine rings is 2. The Kier molecular flexibility index (Phi) is 18.6. The van der Waals surface area contributed by atoms with Gasteiger partial charge in [0.05, 0.1) is 11.8 Å². The minimum atomic E-state index is -0.823. The summed E-state index contributed by atoms with van der Waals surface area (Å²) in [5.41, 5.74) is 1.08. The summed E-state index contributed by atoms with van der Waals surface area (Å²) in [6.07, 6.45) is 14.1. The average molecular weight is 1030 g/mol. The number of benzene rings is 6. The van der Waals surface area contributed by atoms with Crippen LogP contribution in [0.15, 0.2) is 206 Å². The fourth-order valence-electron chi connectivity index (χ4n) is 7.73. The number of carbonyl (C=O) groups excluding carboxylic acids is 4. The zero-order chi connectivity index (χ0) is 49.5. The molecule has 0 bridgehead atoms. The monoisotopic (exact) mass is 1030 g/mol. The van der Waals surface area contributed by atoms with Gasteiger partial charge in [-0.05, 0) is 148 Å². The van der Waals surface area contributed by atoms with E-state index in [1.165, 1.54) is 21.2 Å². The Morgan fingerprint density at radius 3 is 0.863 bits per heavy atom. The maximum Gasteiger partial charge on any atom is 2.00 e. The van der Waals surface area contributed by atoms with Crippen molar-refractivity contribution in [3.63, 3.8) is 0 Å². The largest absolute Gasteiger partial charge is 2.00 e. The predicted octanol–water partition coefficient (Wildman–Crippen LogP) is 8.87. The van der Waals surface area contributed by atoms with Crippen LogP contribution in [0.1, 0.15) is 20.7 Å². The van der Waals surface area contributed by atoms with E-state index in [4.69, 9.17) is 0 Å². The summed E-state index contributed by atoms with van der Waals surface area (Å²) in [6.45, 7) is 0. The summed E-state index contributed by atoms with van der Waals surface area (Å²) in [6, 6.07) is 67.1. The molecule has 4 amide bonds. The number of hydrogen-bond donors (Lipinski definition) is 4. The maximum atomic E-state index is 13.2. The van der Waals surface area contributed by atoms with Crippen molar-refractivity contribution in [3.8, 4) is 0 Å². The van der Waals surface area contributed by atoms with Gasteiger partial charge in [0.25, 0.3) is 11.8 Å². The summed E-state index contributed by atoms with van der Waals surface area (Å²) in [4.78, 5) is 59.7. The standard InChI is InChI=1S/2C30H23N3O2P.Fe/c2*34-29(22-11-7-8-12-22)32-27-19-10-20-28(31-27)33-30(35)23-13-9-18-26(21-23)36(24-14-3-1-4-15-24)25-16-5-2-6-17-25;/h2*1-21H,(H2,31,32,33,34,35);/q;;+2. The van der Waals surface area contributed by atoms with Crippen LogP contribution >= 0.6 is 15.8 Å². The maximum absolute atomic E-state index is 13.2. The van der Waals surface area contributed by atoms with Gasteiger partial charge in [-0.25, -0.2) is 9.97 Å². The van der Waals surface area contributed by atoms with Gasteiger partial charge < -0.3 is 21.3 Å². The number of carbonyl (C=O) groups is 4. The quantitative estimate of drug-likeness (QED) is 0.0634. The molecular formula is C60H46FeN6O4P2+2. The molecule has 2 heterocycles. The Labute approximate surface area is 440 Å². The molecule has 0 spiro atoms. The van der Waals surface area contributed by atoms with Crippen molar-refractivity contribution < 1.29 is 36.2 Å². The van der Waals surface area contributed by atoms with Crippen LogP contribution in [0.5, 0.6) is 0 Å². The van der Waals surface area contributed by atoms with E-state index < -0.39 is 15.8 Å². The molecule has 0 aliphatic heterocycles. The fraction of sp³-hybridized carbons (Fsp3) is 0. The first-order chi connectivity index (χ1) is 35.3. The van der Waals surface area contributed by atoms with Crippen LogP contribution in [0.2, 0.25) is 0 Å². The smallest absolute Gasteiger partial charge is 0.310 e. The number of anilines is 4. The van der Waals surface area contributed by atoms with Gasteiger partial charge in [-0.2, -0.15) is 0 Å². The van der Waals surface area contributed by atoms with E-state index in [0.29, 0.717) is 46.2 Å². The summed E-state index contributed by atoms with van der Waals surface area (Å²) in [5.74, 6) is 1.53. The van der Waals surface area contributed by atoms with Crippen molar-refractivity contribution in [1.29, 1.82) is 0 Å². The van der Waals surface area contributed by atoms with Gasteiger partial charge in [0.2, 0.25) is 11.8 Å². The van der Waals surface area contributed by atoms with Crippen molar-refractivity contribution in [2.45, 2.75) is 0 Å². The molecule has 356 valence electrons. The van der Waals surface area contributed by atoms with Crippen molar-refractivity contribution in [2.75, 3.05) is 21.3 Å². The Hall–Kier alpha value is -7.12. The van der Waals surface area contributed by atoms with E-state index in [2.05, 4.69) is 91.9 Å². The van der Waals surface area contributed by atoms with E-state index in [9.17, 15) is 19.2 Å². The zero-order valence-electron chi connectivity index (χ0n) is 39.0. The molecule has 10 radical (unpaired) electrons. The Balaban J connectivity index is 0.000000192. The van der Waals surface area contributed by atoms with Crippen molar-refractivity contribution in [3.05, 3.63) is 281 Å². The number of amides is 4. The number of nitrogens with one attached hydrogen (secondary N) is 4. The minimum absolute atomic E-state index is 0. The third kappa shape index (κ3) is 14.1. The van der Waals surface area contributed by atoms with Crippen LogP contribution in [0.25, 0.3) is 0 Å². The van der Waals surface area contributed by atoms with Gasteiger partial charge in [-0.1, -0.05) is 158 Å². The molecule has 2 aliphatic rings. The first-order valence-corrected chi connectivity index (χ1v) is 25.7. The van der Waals surface area contributed by atoms with E-state index in [1.807, 2.05) is 97.1 Å². The van der Waals surface area contributed by atoms with E-state index in [1.54, 1.807) is 99.9 Å². The van der Waals surface area contributed by atoms with Crippen LogP contribution in [-0.4, -0.2) is 33.6 Å². The van der Waals surface area contributed by atoms with Gasteiger partial charge in [0, 0.05) is 11.1 Å². The van der Waals surface area contributed by atoms with Gasteiger partial charge in [0.15, 0.2) is 0 Å². The zero-order valence-corrected chi connectivity index (χ0v) is 41.9. The molecule has 2 aromatic heterocycles. The Morgan fingerprint density at radius 1 is 0.301 bits per heavy atom. The summed E-state index contributed by atoms with van der Waals surface area (Å²) < 4.78 is 0. The van der Waals surface area contributed by atoms with Crippen molar-refractivity contribution in [1.82, 2.24) is 9.97 Å². The van der Waals surface area contributed by atoms with Crippen LogP contribution < -0.4 is 53.1 Å². The summed E-state index contributed by atoms with van der Waals surface area (Å²) in [7, 11) is -1.65. The van der Waals surface area contributed by atoms with Crippen LogP contribution in [0.4, 0.5) is 23.3 Å². The molecule has 0 unspecified atom stereocenters. The van der Waals surface area contributed by atoms with Crippen LogP contribution in [-0.2, 0) is 26.7 Å². The molecule has 73 heavy (non-hydrogen) atoms. The predicted molar refractivity (Wildman–Crippen MR) is 293 cm³/mol. The van der Waals surface area contributed by atoms with E-state index in [0.717, 1.165) is 10.6 Å². The van der Waals surface area contributed by atoms with Gasteiger partial charge in [-0.15, -0.1) is 0 Å². The number of aromatic nitrogens is 2. The third-order valence-corrected chi connectivity index (χ3v) is 16.0. The molecule has 4 N–H and O–H groups in total. The molecule has 13 heteroatoms. The number of nitrogens with zero attached hydrogens (tertiary/aromatic N) is 2. The SMILES string of the molecule is O=C(Nc1cccc(NC(=O)c2cccc(P(c3ccccc3)c3ccccc3)c2)n1)[C]1[CH][CH][CH][CH]1.O=C(Nc1cccc(NC(=O)c2cccc(P(c3ccccc3)c3ccccc3)c2)n1)[C]1[CH][CH][CH][CH]1.[Fe+2]. The van der Waals surface area contributed by atoms with Gasteiger partial charge in [-0.3, -0.25) is 19.2 Å². The Bertz CT molecular complexity index is 2820. The Morgan fingerprint density at radius 2 is 0.562 bits per heavy atom. The first-order valence-electron chi connectivity index (χ1n) is 23.0. The van der Waals surface area contributed by atoms with Gasteiger partial charge >= 0.3 is 17.1 Å². The molecule has 2 saturated carbocycles. The second-order valence-electron chi connectivity index (χ2n) is 16.1. The topological polar surface area (TPSA) is 142 Å². The fourth-order valence-corrected chi connectivity index (χ4v) is 12.4. The molecule has 2 aliphatic carbocycles. The van der Waals surface area contributed by atoms with Crippen LogP contribution in [0, 0.1) is 63.2 Å². The normalized spacial score (nSPS) is 13.3. The van der Waals surface area contributed by atoms with Crippen LogP contribution in [0.3, 0.4) is 0 Å². The third-order valence-electron chi connectivity index (χ3n) is 11.1. The minimum Gasteiger partial charge on any atom is -0.310 e. The second-order valence-corrected chi connectivity index (χ2v) is 20.5. The van der Waals surface area contributed by atoms with E-state index in [-0.39, 0.29) is 40.7 Å². The molecule has 2 fully saturated rings. The molecule has 0 saturated heterocycles. The summed E-state index contributed by atoms with van der Waals surface area (Å²) in [5, 5.41) is 18.3. The number of rotatable bonds is 14. The van der Waals surface area contributed by atoms with Crippen molar-refractivity contribution in [2.24, 2.45) is 0 Å². The molecule has 10 rings (SSSR count). The van der Waals surface area contributed by atoms with Crippen molar-refractivity contribution >= 4 is 94.6 Å². The van der Waals surface area contributed by atoms with E-state index >= 15 is 0 Å². The van der Waals surface area contributed by atoms with Gasteiger partial charge in [0.1, 0.15) is 23.3 Å². The average Bonchev–Trinajstić information content (AvgIpc) is 4.18.